The third-order valence-electron chi connectivity index (χ3n) is 4.23. The molecule has 3 rings (SSSR count). The highest BCUT2D eigenvalue weighted by atomic mass is 16.2. The monoisotopic (exact) mass is 274 g/mol. The quantitative estimate of drug-likeness (QED) is 0.821. The molecule has 1 aromatic heterocycles. The molecule has 1 saturated heterocycles. The molecule has 1 aliphatic heterocycles. The van der Waals surface area contributed by atoms with Gasteiger partial charge in [-0.05, 0) is 38.7 Å². The summed E-state index contributed by atoms with van der Waals surface area (Å²) in [6.45, 7) is 7.47. The van der Waals surface area contributed by atoms with Crippen molar-refractivity contribution >= 4 is 11.9 Å². The van der Waals surface area contributed by atoms with Crippen LogP contribution in [0.25, 0.3) is 0 Å². The van der Waals surface area contributed by atoms with Gasteiger partial charge in [0, 0.05) is 44.0 Å². The molecule has 0 aromatic carbocycles. The van der Waals surface area contributed by atoms with Crippen LogP contribution < -0.4 is 4.90 Å². The summed E-state index contributed by atoms with van der Waals surface area (Å²) in [6.07, 6.45) is 5.04. The number of carbonyl (C=O) groups is 1. The van der Waals surface area contributed by atoms with Gasteiger partial charge in [0.1, 0.15) is 0 Å². The van der Waals surface area contributed by atoms with Crippen molar-refractivity contribution in [2.75, 3.05) is 31.1 Å². The second-order valence-electron chi connectivity index (χ2n) is 5.88. The lowest BCUT2D eigenvalue weighted by molar-refractivity contribution is -0.132. The Morgan fingerprint density at radius 1 is 1.20 bits per heavy atom. The summed E-state index contributed by atoms with van der Waals surface area (Å²) in [4.78, 5) is 25.4. The van der Waals surface area contributed by atoms with Gasteiger partial charge in [0.05, 0.1) is 0 Å². The minimum Gasteiger partial charge on any atom is -0.341 e. The van der Waals surface area contributed by atoms with E-state index in [2.05, 4.69) is 14.9 Å². The lowest BCUT2D eigenvalue weighted by Crippen LogP contribution is -2.36. The molecular weight excluding hydrogens is 252 g/mol. The van der Waals surface area contributed by atoms with Crippen LogP contribution in [-0.4, -0.2) is 47.0 Å². The van der Waals surface area contributed by atoms with Crippen LogP contribution in [0.3, 0.4) is 0 Å². The molecule has 1 aliphatic carbocycles. The Balaban J connectivity index is 1.67. The summed E-state index contributed by atoms with van der Waals surface area (Å²) in [7, 11) is 0. The third kappa shape index (κ3) is 2.76. The van der Waals surface area contributed by atoms with Gasteiger partial charge in [-0.2, -0.15) is 0 Å². The summed E-state index contributed by atoms with van der Waals surface area (Å²) < 4.78 is 0. The van der Waals surface area contributed by atoms with Gasteiger partial charge in [0.2, 0.25) is 11.9 Å². The van der Waals surface area contributed by atoms with Crippen LogP contribution in [0.15, 0.2) is 6.20 Å². The van der Waals surface area contributed by atoms with Crippen molar-refractivity contribution in [3.05, 3.63) is 17.5 Å². The molecule has 0 radical (unpaired) electrons. The van der Waals surface area contributed by atoms with E-state index in [1.807, 2.05) is 24.9 Å². The van der Waals surface area contributed by atoms with Crippen LogP contribution in [0.2, 0.25) is 0 Å². The minimum atomic E-state index is 0.319. The van der Waals surface area contributed by atoms with Crippen molar-refractivity contribution in [1.82, 2.24) is 14.9 Å². The molecule has 0 unspecified atom stereocenters. The van der Waals surface area contributed by atoms with Gasteiger partial charge >= 0.3 is 0 Å². The molecule has 2 heterocycles. The van der Waals surface area contributed by atoms with Gasteiger partial charge in [-0.3, -0.25) is 4.79 Å². The van der Waals surface area contributed by atoms with Crippen LogP contribution >= 0.6 is 0 Å². The van der Waals surface area contributed by atoms with E-state index in [1.54, 1.807) is 0 Å². The van der Waals surface area contributed by atoms with Crippen LogP contribution in [0.4, 0.5) is 5.95 Å². The first-order valence-corrected chi connectivity index (χ1v) is 7.49. The maximum Gasteiger partial charge on any atom is 0.225 e. The summed E-state index contributed by atoms with van der Waals surface area (Å²) in [5.41, 5.74) is 2.15. The lowest BCUT2D eigenvalue weighted by Gasteiger charge is -2.22. The maximum atomic E-state index is 12.1. The molecule has 5 nitrogen and oxygen atoms in total. The predicted molar refractivity (Wildman–Crippen MR) is 77.6 cm³/mol. The summed E-state index contributed by atoms with van der Waals surface area (Å²) in [5, 5.41) is 0. The molecule has 2 fully saturated rings. The highest BCUT2D eigenvalue weighted by molar-refractivity contribution is 5.81. The van der Waals surface area contributed by atoms with Crippen LogP contribution in [0, 0.1) is 19.8 Å². The van der Waals surface area contributed by atoms with Crippen LogP contribution in [0.1, 0.15) is 30.5 Å². The largest absolute Gasteiger partial charge is 0.341 e. The Morgan fingerprint density at radius 2 is 2.00 bits per heavy atom. The lowest BCUT2D eigenvalue weighted by atomic mass is 10.3. The predicted octanol–water partition coefficient (Wildman–Crippen LogP) is 1.54. The van der Waals surface area contributed by atoms with E-state index in [9.17, 15) is 4.79 Å². The average molecular weight is 274 g/mol. The van der Waals surface area contributed by atoms with E-state index in [1.165, 1.54) is 0 Å². The highest BCUT2D eigenvalue weighted by Crippen LogP contribution is 2.31. The van der Waals surface area contributed by atoms with Gasteiger partial charge in [-0.25, -0.2) is 9.97 Å². The Bertz CT molecular complexity index is 513. The first-order chi connectivity index (χ1) is 9.65. The van der Waals surface area contributed by atoms with E-state index >= 15 is 0 Å². The number of aromatic nitrogens is 2. The number of nitrogens with zero attached hydrogens (tertiary/aromatic N) is 4. The molecular formula is C15H22N4O. The molecule has 1 aromatic rings. The fraction of sp³-hybridized carbons (Fsp3) is 0.667. The zero-order valence-corrected chi connectivity index (χ0v) is 12.3. The molecule has 0 bridgehead atoms. The summed E-state index contributed by atoms with van der Waals surface area (Å²) in [5.74, 6) is 1.47. The third-order valence-corrected chi connectivity index (χ3v) is 4.23. The first kappa shape index (κ1) is 13.3. The summed E-state index contributed by atoms with van der Waals surface area (Å²) >= 11 is 0. The SMILES string of the molecule is Cc1cnc(N2CCCN(C(=O)C3CC3)CC2)nc1C. The number of hydrogen-bond donors (Lipinski definition) is 0. The van der Waals surface area contributed by atoms with Gasteiger partial charge in [0.15, 0.2) is 0 Å². The van der Waals surface area contributed by atoms with Crippen LogP contribution in [-0.2, 0) is 4.79 Å². The zero-order valence-electron chi connectivity index (χ0n) is 12.3. The van der Waals surface area contributed by atoms with Crippen molar-refractivity contribution in [1.29, 1.82) is 0 Å². The number of carbonyl (C=O) groups excluding carboxylic acids is 1. The Kier molecular flexibility index (Phi) is 3.59. The summed E-state index contributed by atoms with van der Waals surface area (Å²) in [6, 6.07) is 0. The minimum absolute atomic E-state index is 0.319. The van der Waals surface area contributed by atoms with Gasteiger partial charge in [0.25, 0.3) is 0 Å². The topological polar surface area (TPSA) is 49.3 Å². The van der Waals surface area contributed by atoms with Crippen molar-refractivity contribution in [3.8, 4) is 0 Å². The second kappa shape index (κ2) is 5.38. The molecule has 0 N–H and O–H groups in total. The molecule has 20 heavy (non-hydrogen) atoms. The molecule has 108 valence electrons. The zero-order chi connectivity index (χ0) is 14.1. The number of amides is 1. The van der Waals surface area contributed by atoms with Gasteiger partial charge in [-0.15, -0.1) is 0 Å². The fourth-order valence-corrected chi connectivity index (χ4v) is 2.59. The maximum absolute atomic E-state index is 12.1. The number of aryl methyl sites for hydroxylation is 2. The Hall–Kier alpha value is -1.65. The molecule has 0 spiro atoms. The first-order valence-electron chi connectivity index (χ1n) is 7.49. The van der Waals surface area contributed by atoms with E-state index in [0.717, 1.165) is 62.6 Å². The van der Waals surface area contributed by atoms with E-state index < -0.39 is 0 Å². The molecule has 1 amide bonds. The van der Waals surface area contributed by atoms with E-state index in [4.69, 9.17) is 0 Å². The van der Waals surface area contributed by atoms with Crippen molar-refractivity contribution in [2.24, 2.45) is 5.92 Å². The Labute approximate surface area is 120 Å². The van der Waals surface area contributed by atoms with Crippen LogP contribution in [0.5, 0.6) is 0 Å². The average Bonchev–Trinajstić information content (AvgIpc) is 3.27. The number of rotatable bonds is 2. The van der Waals surface area contributed by atoms with Crippen molar-refractivity contribution in [2.45, 2.75) is 33.1 Å². The van der Waals surface area contributed by atoms with Crippen molar-refractivity contribution < 1.29 is 4.79 Å². The molecule has 0 atom stereocenters. The smallest absolute Gasteiger partial charge is 0.225 e. The molecule has 1 saturated carbocycles. The van der Waals surface area contributed by atoms with Gasteiger partial charge < -0.3 is 9.80 Å². The molecule has 2 aliphatic rings. The number of hydrogen-bond acceptors (Lipinski definition) is 4. The fourth-order valence-electron chi connectivity index (χ4n) is 2.59. The van der Waals surface area contributed by atoms with E-state index in [0.29, 0.717) is 11.8 Å². The van der Waals surface area contributed by atoms with Crippen molar-refractivity contribution in [3.63, 3.8) is 0 Å². The Morgan fingerprint density at radius 3 is 2.70 bits per heavy atom. The normalized spacial score (nSPS) is 19.9. The second-order valence-corrected chi connectivity index (χ2v) is 5.88. The standard InChI is InChI=1S/C15H22N4O/c1-11-10-16-15(17-12(11)2)19-7-3-6-18(8-9-19)14(20)13-4-5-13/h10,13H,3-9H2,1-2H3. The van der Waals surface area contributed by atoms with E-state index in [-0.39, 0.29) is 0 Å². The molecule has 5 heteroatoms. The highest BCUT2D eigenvalue weighted by Gasteiger charge is 2.34. The van der Waals surface area contributed by atoms with Gasteiger partial charge in [-0.1, -0.05) is 0 Å². The number of anilines is 1.